The van der Waals surface area contributed by atoms with Crippen molar-refractivity contribution in [1.82, 2.24) is 0 Å². The summed E-state index contributed by atoms with van der Waals surface area (Å²) in [7, 11) is 1.71. The van der Waals surface area contributed by atoms with Gasteiger partial charge in [-0.15, -0.1) is 11.6 Å². The van der Waals surface area contributed by atoms with Crippen molar-refractivity contribution in [3.63, 3.8) is 0 Å². The summed E-state index contributed by atoms with van der Waals surface area (Å²) in [5, 5.41) is 0.269. The second kappa shape index (κ2) is 7.79. The maximum atomic E-state index is 6.67. The van der Waals surface area contributed by atoms with E-state index in [0.29, 0.717) is 5.92 Å². The van der Waals surface area contributed by atoms with Gasteiger partial charge in [0.05, 0.1) is 7.11 Å². The predicted molar refractivity (Wildman–Crippen MR) is 82.1 cm³/mol. The Morgan fingerprint density at radius 2 is 1.84 bits per heavy atom. The molecule has 1 aliphatic carbocycles. The summed E-state index contributed by atoms with van der Waals surface area (Å²) < 4.78 is 5.28. The van der Waals surface area contributed by atoms with E-state index in [4.69, 9.17) is 16.3 Å². The summed E-state index contributed by atoms with van der Waals surface area (Å²) >= 11 is 6.67. The van der Waals surface area contributed by atoms with Gasteiger partial charge in [-0.1, -0.05) is 44.2 Å². The molecule has 1 aromatic carbocycles. The van der Waals surface area contributed by atoms with Crippen molar-refractivity contribution in [2.45, 2.75) is 56.7 Å². The van der Waals surface area contributed by atoms with Crippen molar-refractivity contribution in [3.05, 3.63) is 29.8 Å². The summed E-state index contributed by atoms with van der Waals surface area (Å²) in [5.41, 5.74) is 1.29. The standard InChI is InChI=1S/C17H25ClO/c1-19-16-11-7-8-14(12-16)13-17(18)15-9-5-3-2-4-6-10-15/h7-8,11-12,15,17H,2-6,9-10,13H2,1H3. The fraction of sp³-hybridized carbons (Fsp3) is 0.647. The molecule has 1 unspecified atom stereocenters. The highest BCUT2D eigenvalue weighted by Gasteiger charge is 2.20. The van der Waals surface area contributed by atoms with Gasteiger partial charge in [-0.3, -0.25) is 0 Å². The summed E-state index contributed by atoms with van der Waals surface area (Å²) in [6.07, 6.45) is 10.5. The highest BCUT2D eigenvalue weighted by Crippen LogP contribution is 2.30. The Bertz CT molecular complexity index is 369. The number of benzene rings is 1. The molecule has 0 amide bonds. The average molecular weight is 281 g/mol. The van der Waals surface area contributed by atoms with Gasteiger partial charge in [-0.2, -0.15) is 0 Å². The van der Waals surface area contributed by atoms with Gasteiger partial charge in [0.1, 0.15) is 5.75 Å². The van der Waals surface area contributed by atoms with Gasteiger partial charge in [0.25, 0.3) is 0 Å². The molecule has 1 atom stereocenters. The minimum Gasteiger partial charge on any atom is -0.497 e. The molecule has 0 spiro atoms. The van der Waals surface area contributed by atoms with Crippen LogP contribution >= 0.6 is 11.6 Å². The molecule has 0 heterocycles. The number of rotatable bonds is 4. The number of methoxy groups -OCH3 is 1. The molecular formula is C17H25ClO. The lowest BCUT2D eigenvalue weighted by Gasteiger charge is -2.24. The molecule has 1 nitrogen and oxygen atoms in total. The van der Waals surface area contributed by atoms with Gasteiger partial charge >= 0.3 is 0 Å². The van der Waals surface area contributed by atoms with Crippen molar-refractivity contribution >= 4 is 11.6 Å². The molecule has 0 aliphatic heterocycles. The van der Waals surface area contributed by atoms with Crippen LogP contribution in [0, 0.1) is 5.92 Å². The van der Waals surface area contributed by atoms with Crippen molar-refractivity contribution < 1.29 is 4.74 Å². The van der Waals surface area contributed by atoms with E-state index < -0.39 is 0 Å². The monoisotopic (exact) mass is 280 g/mol. The zero-order chi connectivity index (χ0) is 13.5. The zero-order valence-corrected chi connectivity index (χ0v) is 12.7. The molecule has 0 N–H and O–H groups in total. The lowest BCUT2D eigenvalue weighted by atomic mass is 9.86. The van der Waals surface area contributed by atoms with Gasteiger partial charge in [-0.25, -0.2) is 0 Å². The summed E-state index contributed by atoms with van der Waals surface area (Å²) in [5.74, 6) is 1.62. The maximum absolute atomic E-state index is 6.67. The molecule has 0 saturated heterocycles. The van der Waals surface area contributed by atoms with Crippen molar-refractivity contribution in [1.29, 1.82) is 0 Å². The Hall–Kier alpha value is -0.690. The van der Waals surface area contributed by atoms with E-state index in [2.05, 4.69) is 18.2 Å². The maximum Gasteiger partial charge on any atom is 0.119 e. The lowest BCUT2D eigenvalue weighted by Crippen LogP contribution is -2.18. The van der Waals surface area contributed by atoms with Crippen molar-refractivity contribution in [3.8, 4) is 5.75 Å². The second-order valence-corrected chi connectivity index (χ2v) is 6.24. The third-order valence-corrected chi connectivity index (χ3v) is 4.74. The summed E-state index contributed by atoms with van der Waals surface area (Å²) in [4.78, 5) is 0. The minimum absolute atomic E-state index is 0.269. The van der Waals surface area contributed by atoms with Gasteiger partial charge in [0.2, 0.25) is 0 Å². The first kappa shape index (κ1) is 14.7. The number of alkyl halides is 1. The van der Waals surface area contributed by atoms with Crippen LogP contribution in [0.5, 0.6) is 5.75 Å². The molecule has 106 valence electrons. The van der Waals surface area contributed by atoms with Crippen molar-refractivity contribution in [2.24, 2.45) is 5.92 Å². The highest BCUT2D eigenvalue weighted by atomic mass is 35.5. The molecular weight excluding hydrogens is 256 g/mol. The fourth-order valence-electron chi connectivity index (χ4n) is 3.04. The number of ether oxygens (including phenoxy) is 1. The summed E-state index contributed by atoms with van der Waals surface area (Å²) in [6.45, 7) is 0. The Labute approximate surface area is 122 Å². The van der Waals surface area contributed by atoms with E-state index in [1.54, 1.807) is 7.11 Å². The third kappa shape index (κ3) is 4.72. The smallest absolute Gasteiger partial charge is 0.119 e. The first-order valence-electron chi connectivity index (χ1n) is 7.56. The summed E-state index contributed by atoms with van der Waals surface area (Å²) in [6, 6.07) is 8.30. The Morgan fingerprint density at radius 3 is 2.53 bits per heavy atom. The van der Waals surface area contributed by atoms with E-state index in [9.17, 15) is 0 Å². The van der Waals surface area contributed by atoms with E-state index >= 15 is 0 Å². The molecule has 0 bridgehead atoms. The molecule has 2 heteroatoms. The topological polar surface area (TPSA) is 9.23 Å². The zero-order valence-electron chi connectivity index (χ0n) is 11.9. The first-order valence-corrected chi connectivity index (χ1v) is 8.00. The van der Waals surface area contributed by atoms with Crippen LogP contribution in [-0.2, 0) is 6.42 Å². The molecule has 0 radical (unpaired) electrons. The minimum atomic E-state index is 0.269. The van der Waals surface area contributed by atoms with E-state index in [-0.39, 0.29) is 5.38 Å². The van der Waals surface area contributed by atoms with Crippen LogP contribution in [-0.4, -0.2) is 12.5 Å². The second-order valence-electron chi connectivity index (χ2n) is 5.68. The Morgan fingerprint density at radius 1 is 1.16 bits per heavy atom. The largest absolute Gasteiger partial charge is 0.497 e. The molecule has 2 rings (SSSR count). The molecule has 19 heavy (non-hydrogen) atoms. The van der Waals surface area contributed by atoms with Gasteiger partial charge in [-0.05, 0) is 42.9 Å². The predicted octanol–water partition coefficient (Wildman–Crippen LogP) is 5.21. The van der Waals surface area contributed by atoms with Crippen LogP contribution in [0.4, 0.5) is 0 Å². The van der Waals surface area contributed by atoms with Crippen LogP contribution in [0.2, 0.25) is 0 Å². The highest BCUT2D eigenvalue weighted by molar-refractivity contribution is 6.20. The number of halogens is 1. The molecule has 1 saturated carbocycles. The van der Waals surface area contributed by atoms with E-state index in [1.807, 2.05) is 6.07 Å². The fourth-order valence-corrected chi connectivity index (χ4v) is 3.47. The average Bonchev–Trinajstić information content (AvgIpc) is 2.38. The first-order chi connectivity index (χ1) is 9.29. The van der Waals surface area contributed by atoms with Crippen LogP contribution in [0.25, 0.3) is 0 Å². The molecule has 0 aromatic heterocycles. The third-order valence-electron chi connectivity index (χ3n) is 4.23. The normalized spacial score (nSPS) is 19.5. The van der Waals surface area contributed by atoms with Crippen molar-refractivity contribution in [2.75, 3.05) is 7.11 Å². The van der Waals surface area contributed by atoms with Gasteiger partial charge in [0.15, 0.2) is 0 Å². The van der Waals surface area contributed by atoms with E-state index in [0.717, 1.165) is 12.2 Å². The van der Waals surface area contributed by atoms with Gasteiger partial charge in [0, 0.05) is 5.38 Å². The van der Waals surface area contributed by atoms with Crippen LogP contribution in [0.15, 0.2) is 24.3 Å². The number of hydrogen-bond donors (Lipinski definition) is 0. The molecule has 1 aromatic rings. The van der Waals surface area contributed by atoms with Crippen LogP contribution in [0.1, 0.15) is 50.5 Å². The Balaban J connectivity index is 1.92. The lowest BCUT2D eigenvalue weighted by molar-refractivity contribution is 0.363. The quantitative estimate of drug-likeness (QED) is 0.688. The van der Waals surface area contributed by atoms with E-state index in [1.165, 1.54) is 50.5 Å². The Kier molecular flexibility index (Phi) is 6.03. The van der Waals surface area contributed by atoms with Crippen LogP contribution in [0.3, 0.4) is 0 Å². The van der Waals surface area contributed by atoms with Gasteiger partial charge < -0.3 is 4.74 Å². The SMILES string of the molecule is COc1cccc(CC(Cl)C2CCCCCCC2)c1. The van der Waals surface area contributed by atoms with Crippen LogP contribution < -0.4 is 4.74 Å². The molecule has 1 fully saturated rings. The number of hydrogen-bond acceptors (Lipinski definition) is 1. The molecule has 1 aliphatic rings.